The van der Waals surface area contributed by atoms with E-state index >= 15 is 0 Å². The van der Waals surface area contributed by atoms with Gasteiger partial charge in [-0.05, 0) is 25.7 Å². The first-order valence-corrected chi connectivity index (χ1v) is 6.75. The topological polar surface area (TPSA) is 61.7 Å². The van der Waals surface area contributed by atoms with Crippen molar-refractivity contribution in [1.82, 2.24) is 19.3 Å². The number of nitrogen functional groups attached to an aromatic ring is 1. The summed E-state index contributed by atoms with van der Waals surface area (Å²) in [5.41, 5.74) is 9.11. The molecule has 0 aliphatic heterocycles. The third kappa shape index (κ3) is 1.61. The first-order chi connectivity index (χ1) is 8.58. The lowest BCUT2D eigenvalue weighted by atomic mass is 9.87. The van der Waals surface area contributed by atoms with Crippen molar-refractivity contribution < 1.29 is 0 Å². The van der Waals surface area contributed by atoms with Gasteiger partial charge >= 0.3 is 0 Å². The fourth-order valence-electron chi connectivity index (χ4n) is 3.31. The average Bonchev–Trinajstić information content (AvgIpc) is 2.78. The maximum Gasteiger partial charge on any atom is 0.202 e. The molecule has 1 aliphatic rings. The molecule has 2 unspecified atom stereocenters. The van der Waals surface area contributed by atoms with Crippen LogP contribution in [0.2, 0.25) is 0 Å². The molecular weight excluding hydrogens is 226 g/mol. The minimum Gasteiger partial charge on any atom is -0.369 e. The van der Waals surface area contributed by atoms with E-state index in [9.17, 15) is 0 Å². The molecule has 0 radical (unpaired) electrons. The van der Waals surface area contributed by atoms with E-state index in [4.69, 9.17) is 5.73 Å². The van der Waals surface area contributed by atoms with E-state index < -0.39 is 0 Å². The summed E-state index contributed by atoms with van der Waals surface area (Å²) in [6.45, 7) is 4.31. The van der Waals surface area contributed by atoms with Crippen LogP contribution in [0.4, 0.5) is 5.95 Å². The number of aromatic nitrogens is 4. The van der Waals surface area contributed by atoms with Crippen molar-refractivity contribution >= 4 is 17.1 Å². The number of fused-ring (bicyclic) bond motifs is 1. The van der Waals surface area contributed by atoms with Crippen molar-refractivity contribution in [3.63, 3.8) is 0 Å². The van der Waals surface area contributed by atoms with Crippen LogP contribution < -0.4 is 5.73 Å². The lowest BCUT2D eigenvalue weighted by Gasteiger charge is -2.28. The summed E-state index contributed by atoms with van der Waals surface area (Å²) in [5, 5.41) is 4.44. The number of aryl methyl sites for hydroxylation is 2. The Bertz CT molecular complexity index is 580. The van der Waals surface area contributed by atoms with Crippen molar-refractivity contribution in [3.05, 3.63) is 5.69 Å². The van der Waals surface area contributed by atoms with Gasteiger partial charge in [0, 0.05) is 13.1 Å². The molecule has 3 rings (SSSR count). The highest BCUT2D eigenvalue weighted by Crippen LogP contribution is 2.36. The molecule has 98 valence electrons. The van der Waals surface area contributed by atoms with E-state index in [2.05, 4.69) is 21.6 Å². The van der Waals surface area contributed by atoms with E-state index in [1.165, 1.54) is 25.7 Å². The molecule has 0 spiro atoms. The molecule has 0 bridgehead atoms. The molecule has 0 saturated heterocycles. The lowest BCUT2D eigenvalue weighted by molar-refractivity contribution is 0.287. The van der Waals surface area contributed by atoms with Crippen molar-refractivity contribution in [2.45, 2.75) is 45.6 Å². The lowest BCUT2D eigenvalue weighted by Crippen LogP contribution is -2.20. The van der Waals surface area contributed by atoms with Crippen LogP contribution >= 0.6 is 0 Å². The number of nitrogens with zero attached hydrogens (tertiary/aromatic N) is 4. The predicted molar refractivity (Wildman–Crippen MR) is 72.3 cm³/mol. The van der Waals surface area contributed by atoms with Crippen molar-refractivity contribution in [2.75, 3.05) is 5.73 Å². The molecule has 5 nitrogen and oxygen atoms in total. The first-order valence-electron chi connectivity index (χ1n) is 6.75. The molecule has 1 saturated carbocycles. The van der Waals surface area contributed by atoms with Gasteiger partial charge in [0.1, 0.15) is 5.52 Å². The molecule has 5 heteroatoms. The Hall–Kier alpha value is -1.52. The zero-order valence-electron chi connectivity index (χ0n) is 11.3. The smallest absolute Gasteiger partial charge is 0.202 e. The molecule has 2 atom stereocenters. The maximum atomic E-state index is 6.12. The summed E-state index contributed by atoms with van der Waals surface area (Å²) in [4.78, 5) is 4.49. The van der Waals surface area contributed by atoms with Gasteiger partial charge in [0.2, 0.25) is 5.95 Å². The largest absolute Gasteiger partial charge is 0.369 e. The van der Waals surface area contributed by atoms with Gasteiger partial charge in [0.15, 0.2) is 5.65 Å². The summed E-state index contributed by atoms with van der Waals surface area (Å²) in [6.07, 6.45) is 5.00. The van der Waals surface area contributed by atoms with Crippen LogP contribution in [0, 0.1) is 12.8 Å². The SMILES string of the molecule is Cc1nn(C)c2c1nc(N)n2C1CCCC(C)C1. The van der Waals surface area contributed by atoms with E-state index in [1.807, 2.05) is 18.7 Å². The highest BCUT2D eigenvalue weighted by Gasteiger charge is 2.26. The second kappa shape index (κ2) is 4.00. The minimum atomic E-state index is 0.480. The molecule has 18 heavy (non-hydrogen) atoms. The van der Waals surface area contributed by atoms with E-state index in [0.717, 1.165) is 22.8 Å². The monoisotopic (exact) mass is 247 g/mol. The summed E-state index contributed by atoms with van der Waals surface area (Å²) in [7, 11) is 1.97. The summed E-state index contributed by atoms with van der Waals surface area (Å²) < 4.78 is 4.11. The maximum absolute atomic E-state index is 6.12. The zero-order valence-corrected chi connectivity index (χ0v) is 11.3. The van der Waals surface area contributed by atoms with Crippen LogP contribution in [0.3, 0.4) is 0 Å². The fourth-order valence-corrected chi connectivity index (χ4v) is 3.31. The number of hydrogen-bond donors (Lipinski definition) is 1. The van der Waals surface area contributed by atoms with Crippen LogP contribution in [-0.4, -0.2) is 19.3 Å². The Kier molecular flexibility index (Phi) is 2.57. The zero-order chi connectivity index (χ0) is 12.9. The van der Waals surface area contributed by atoms with Gasteiger partial charge in [-0.15, -0.1) is 0 Å². The highest BCUT2D eigenvalue weighted by molar-refractivity contribution is 5.77. The number of rotatable bonds is 1. The summed E-state index contributed by atoms with van der Waals surface area (Å²) in [5.74, 6) is 1.41. The van der Waals surface area contributed by atoms with Gasteiger partial charge in [-0.1, -0.05) is 19.8 Å². The summed E-state index contributed by atoms with van der Waals surface area (Å²) in [6, 6.07) is 0.480. The third-order valence-electron chi connectivity index (χ3n) is 4.14. The Morgan fingerprint density at radius 1 is 1.33 bits per heavy atom. The standard InChI is InChI=1S/C13H21N5/c1-8-5-4-6-10(7-8)18-12-11(15-13(18)14)9(2)16-17(12)3/h8,10H,4-7H2,1-3H3,(H2,14,15). The molecule has 2 heterocycles. The quantitative estimate of drug-likeness (QED) is 0.841. The molecule has 1 fully saturated rings. The molecule has 0 amide bonds. The number of imidazole rings is 1. The Morgan fingerprint density at radius 3 is 2.83 bits per heavy atom. The van der Waals surface area contributed by atoms with Crippen LogP contribution in [-0.2, 0) is 7.05 Å². The molecule has 2 aromatic heterocycles. The van der Waals surface area contributed by atoms with E-state index in [1.54, 1.807) is 0 Å². The van der Waals surface area contributed by atoms with Gasteiger partial charge in [-0.3, -0.25) is 9.25 Å². The molecular formula is C13H21N5. The third-order valence-corrected chi connectivity index (χ3v) is 4.14. The molecule has 0 aromatic carbocycles. The predicted octanol–water partition coefficient (Wildman–Crippen LogP) is 2.41. The van der Waals surface area contributed by atoms with Crippen LogP contribution in [0.5, 0.6) is 0 Å². The van der Waals surface area contributed by atoms with Crippen LogP contribution in [0.25, 0.3) is 11.2 Å². The number of hydrogen-bond acceptors (Lipinski definition) is 3. The van der Waals surface area contributed by atoms with Gasteiger partial charge < -0.3 is 5.73 Å². The van der Waals surface area contributed by atoms with Crippen molar-refractivity contribution in [3.8, 4) is 0 Å². The van der Waals surface area contributed by atoms with Gasteiger partial charge in [0.25, 0.3) is 0 Å². The Labute approximate surface area is 107 Å². The van der Waals surface area contributed by atoms with Gasteiger partial charge in [-0.2, -0.15) is 5.10 Å². The van der Waals surface area contributed by atoms with Gasteiger partial charge in [0.05, 0.1) is 5.69 Å². The number of anilines is 1. The highest BCUT2D eigenvalue weighted by atomic mass is 15.4. The molecule has 1 aliphatic carbocycles. The Morgan fingerprint density at radius 2 is 2.11 bits per heavy atom. The first kappa shape index (κ1) is 11.6. The van der Waals surface area contributed by atoms with E-state index in [0.29, 0.717) is 12.0 Å². The van der Waals surface area contributed by atoms with Gasteiger partial charge in [-0.25, -0.2) is 4.98 Å². The van der Waals surface area contributed by atoms with Crippen molar-refractivity contribution in [2.24, 2.45) is 13.0 Å². The molecule has 2 aromatic rings. The average molecular weight is 247 g/mol. The Balaban J connectivity index is 2.12. The summed E-state index contributed by atoms with van der Waals surface area (Å²) >= 11 is 0. The van der Waals surface area contributed by atoms with Crippen LogP contribution in [0.1, 0.15) is 44.3 Å². The second-order valence-electron chi connectivity index (χ2n) is 5.65. The number of nitrogens with two attached hydrogens (primary N) is 1. The molecule has 2 N–H and O–H groups in total. The fraction of sp³-hybridized carbons (Fsp3) is 0.692. The second-order valence-corrected chi connectivity index (χ2v) is 5.65. The van der Waals surface area contributed by atoms with Crippen LogP contribution in [0.15, 0.2) is 0 Å². The van der Waals surface area contributed by atoms with Crippen molar-refractivity contribution in [1.29, 1.82) is 0 Å². The minimum absolute atomic E-state index is 0.480. The normalized spacial score (nSPS) is 24.8. The van der Waals surface area contributed by atoms with E-state index in [-0.39, 0.29) is 0 Å².